The first-order valence-electron chi connectivity index (χ1n) is 7.52. The Hall–Kier alpha value is -0.690. The first kappa shape index (κ1) is 20.3. The Balaban J connectivity index is 3.45. The molecular formula is C15H31NO5. The smallest absolute Gasteiger partial charge is 0.325 e. The van der Waals surface area contributed by atoms with Gasteiger partial charge in [0.05, 0.1) is 20.3 Å². The van der Waals surface area contributed by atoms with Gasteiger partial charge in [0, 0.05) is 26.9 Å². The minimum Gasteiger partial charge on any atom is -0.468 e. The average Bonchev–Trinajstić information content (AvgIpc) is 2.51. The summed E-state index contributed by atoms with van der Waals surface area (Å²) in [7, 11) is 4.87. The second kappa shape index (κ2) is 13.0. The van der Waals surface area contributed by atoms with Crippen molar-refractivity contribution < 1.29 is 23.7 Å². The molecule has 0 saturated heterocycles. The highest BCUT2D eigenvalue weighted by Gasteiger charge is 2.31. The molecule has 0 rings (SSSR count). The van der Waals surface area contributed by atoms with Crippen LogP contribution in [0.3, 0.4) is 0 Å². The van der Waals surface area contributed by atoms with E-state index in [2.05, 4.69) is 5.32 Å². The number of carbonyl (C=O) groups is 1. The third kappa shape index (κ3) is 9.79. The van der Waals surface area contributed by atoms with E-state index in [4.69, 9.17) is 18.9 Å². The van der Waals surface area contributed by atoms with Gasteiger partial charge in [0.15, 0.2) is 0 Å². The van der Waals surface area contributed by atoms with Gasteiger partial charge in [-0.25, -0.2) is 0 Å². The Bertz CT molecular complexity index is 262. The second-order valence-corrected chi connectivity index (χ2v) is 5.10. The van der Waals surface area contributed by atoms with Crippen LogP contribution >= 0.6 is 0 Å². The van der Waals surface area contributed by atoms with E-state index in [-0.39, 0.29) is 5.97 Å². The molecule has 0 spiro atoms. The molecular weight excluding hydrogens is 274 g/mol. The topological polar surface area (TPSA) is 66.0 Å². The molecule has 1 unspecified atom stereocenters. The number of ether oxygens (including phenoxy) is 4. The van der Waals surface area contributed by atoms with Gasteiger partial charge in [0.25, 0.3) is 0 Å². The van der Waals surface area contributed by atoms with E-state index in [1.807, 2.05) is 6.92 Å². The average molecular weight is 305 g/mol. The first-order valence-corrected chi connectivity index (χ1v) is 7.52. The number of unbranched alkanes of at least 4 members (excludes halogenated alkanes) is 1. The molecule has 0 aliphatic carbocycles. The second-order valence-electron chi connectivity index (χ2n) is 5.10. The van der Waals surface area contributed by atoms with Crippen LogP contribution < -0.4 is 5.32 Å². The Labute approximate surface area is 128 Å². The maximum Gasteiger partial charge on any atom is 0.325 e. The summed E-state index contributed by atoms with van der Waals surface area (Å²) < 4.78 is 20.6. The van der Waals surface area contributed by atoms with Crippen LogP contribution in [0, 0.1) is 0 Å². The number of hydrogen-bond donors (Lipinski definition) is 1. The lowest BCUT2D eigenvalue weighted by Gasteiger charge is -2.25. The van der Waals surface area contributed by atoms with Gasteiger partial charge in [0.1, 0.15) is 5.54 Å². The summed E-state index contributed by atoms with van der Waals surface area (Å²) in [6, 6.07) is 0. The molecule has 1 N–H and O–H groups in total. The molecule has 126 valence electrons. The van der Waals surface area contributed by atoms with Crippen molar-refractivity contribution in [3.05, 3.63) is 0 Å². The van der Waals surface area contributed by atoms with Gasteiger partial charge in [-0.1, -0.05) is 0 Å². The molecule has 0 aromatic rings. The standard InChI is InChI=1S/C15H31NO5/c1-15(16-2,14(17)19-4)8-5-6-10-20-12-13-21-11-7-9-18-3/h16H,5-13H2,1-4H3. The maximum absolute atomic E-state index is 11.6. The zero-order valence-corrected chi connectivity index (χ0v) is 13.9. The van der Waals surface area contributed by atoms with Crippen molar-refractivity contribution in [2.75, 3.05) is 54.3 Å². The monoisotopic (exact) mass is 305 g/mol. The lowest BCUT2D eigenvalue weighted by atomic mass is 9.95. The quantitative estimate of drug-likeness (QED) is 0.386. The van der Waals surface area contributed by atoms with E-state index in [1.165, 1.54) is 7.11 Å². The van der Waals surface area contributed by atoms with Crippen LogP contribution in [0.5, 0.6) is 0 Å². The fourth-order valence-corrected chi connectivity index (χ4v) is 1.86. The number of methoxy groups -OCH3 is 2. The van der Waals surface area contributed by atoms with E-state index < -0.39 is 5.54 Å². The molecule has 6 nitrogen and oxygen atoms in total. The lowest BCUT2D eigenvalue weighted by molar-refractivity contribution is -0.148. The van der Waals surface area contributed by atoms with Crippen LogP contribution in [-0.2, 0) is 23.7 Å². The SMILES string of the molecule is CNC(C)(CCCCOCCOCCCOC)C(=O)OC. The van der Waals surface area contributed by atoms with E-state index in [0.717, 1.165) is 32.3 Å². The highest BCUT2D eigenvalue weighted by Crippen LogP contribution is 2.15. The third-order valence-corrected chi connectivity index (χ3v) is 3.41. The molecule has 0 amide bonds. The van der Waals surface area contributed by atoms with Crippen LogP contribution in [0.4, 0.5) is 0 Å². The molecule has 0 fully saturated rings. The summed E-state index contributed by atoms with van der Waals surface area (Å²) in [5, 5.41) is 3.02. The van der Waals surface area contributed by atoms with Crippen LogP contribution in [0.1, 0.15) is 32.6 Å². The van der Waals surface area contributed by atoms with Gasteiger partial charge in [-0.2, -0.15) is 0 Å². The summed E-state index contributed by atoms with van der Waals surface area (Å²) >= 11 is 0. The van der Waals surface area contributed by atoms with Crippen LogP contribution in [0.2, 0.25) is 0 Å². The zero-order valence-electron chi connectivity index (χ0n) is 13.9. The molecule has 0 heterocycles. The van der Waals surface area contributed by atoms with Gasteiger partial charge in [-0.15, -0.1) is 0 Å². The van der Waals surface area contributed by atoms with E-state index in [9.17, 15) is 4.79 Å². The van der Waals surface area contributed by atoms with Gasteiger partial charge in [-0.05, 0) is 39.7 Å². The number of hydrogen-bond acceptors (Lipinski definition) is 6. The van der Waals surface area contributed by atoms with Crippen molar-refractivity contribution in [1.82, 2.24) is 5.32 Å². The third-order valence-electron chi connectivity index (χ3n) is 3.41. The molecule has 0 aliphatic rings. The molecule has 0 aromatic heterocycles. The number of rotatable bonds is 14. The van der Waals surface area contributed by atoms with Gasteiger partial charge < -0.3 is 24.3 Å². The Kier molecular flexibility index (Phi) is 12.6. The van der Waals surface area contributed by atoms with Crippen molar-refractivity contribution >= 4 is 5.97 Å². The van der Waals surface area contributed by atoms with E-state index >= 15 is 0 Å². The Morgan fingerprint density at radius 2 is 1.57 bits per heavy atom. The van der Waals surface area contributed by atoms with Gasteiger partial charge in [0.2, 0.25) is 0 Å². The molecule has 0 bridgehead atoms. The molecule has 21 heavy (non-hydrogen) atoms. The van der Waals surface area contributed by atoms with Crippen molar-refractivity contribution in [3.8, 4) is 0 Å². The van der Waals surface area contributed by atoms with Crippen LogP contribution in [0.15, 0.2) is 0 Å². The van der Waals surface area contributed by atoms with E-state index in [1.54, 1.807) is 14.2 Å². The fourth-order valence-electron chi connectivity index (χ4n) is 1.86. The molecule has 6 heteroatoms. The first-order chi connectivity index (χ1) is 10.1. The molecule has 1 atom stereocenters. The van der Waals surface area contributed by atoms with Gasteiger partial charge in [-0.3, -0.25) is 4.79 Å². The highest BCUT2D eigenvalue weighted by molar-refractivity contribution is 5.80. The van der Waals surface area contributed by atoms with Gasteiger partial charge >= 0.3 is 5.97 Å². The number of likely N-dealkylation sites (N-methyl/N-ethyl adjacent to an activating group) is 1. The minimum atomic E-state index is -0.612. The summed E-state index contributed by atoms with van der Waals surface area (Å²) in [6.07, 6.45) is 3.46. The molecule has 0 saturated carbocycles. The highest BCUT2D eigenvalue weighted by atomic mass is 16.5. The van der Waals surface area contributed by atoms with Crippen molar-refractivity contribution in [1.29, 1.82) is 0 Å². The fraction of sp³-hybridized carbons (Fsp3) is 0.933. The number of esters is 1. The minimum absolute atomic E-state index is 0.227. The summed E-state index contributed by atoms with van der Waals surface area (Å²) in [5.41, 5.74) is -0.612. The van der Waals surface area contributed by atoms with Crippen molar-refractivity contribution in [2.24, 2.45) is 0 Å². The number of nitrogens with one attached hydrogen (secondary N) is 1. The predicted molar refractivity (Wildman–Crippen MR) is 81.5 cm³/mol. The lowest BCUT2D eigenvalue weighted by Crippen LogP contribution is -2.48. The summed E-state index contributed by atoms with van der Waals surface area (Å²) in [5.74, 6) is -0.227. The molecule has 0 aliphatic heterocycles. The van der Waals surface area contributed by atoms with E-state index in [0.29, 0.717) is 26.4 Å². The molecule has 0 aromatic carbocycles. The largest absolute Gasteiger partial charge is 0.468 e. The normalized spacial score (nSPS) is 13.9. The Morgan fingerprint density at radius 3 is 2.10 bits per heavy atom. The maximum atomic E-state index is 11.6. The predicted octanol–water partition coefficient (Wildman–Crippen LogP) is 1.38. The van der Waals surface area contributed by atoms with Crippen molar-refractivity contribution in [2.45, 2.75) is 38.1 Å². The van der Waals surface area contributed by atoms with Crippen LogP contribution in [-0.4, -0.2) is 65.8 Å². The number of carbonyl (C=O) groups excluding carboxylic acids is 1. The summed E-state index contributed by atoms with van der Waals surface area (Å²) in [4.78, 5) is 11.6. The zero-order chi connectivity index (χ0) is 16.0. The Morgan fingerprint density at radius 1 is 0.952 bits per heavy atom. The summed E-state index contributed by atoms with van der Waals surface area (Å²) in [6.45, 7) is 5.19. The van der Waals surface area contributed by atoms with Crippen LogP contribution in [0.25, 0.3) is 0 Å². The molecule has 0 radical (unpaired) electrons. The van der Waals surface area contributed by atoms with Crippen molar-refractivity contribution in [3.63, 3.8) is 0 Å².